The number of ether oxygens (including phenoxy) is 1. The van der Waals surface area contributed by atoms with Gasteiger partial charge >= 0.3 is 0 Å². The first-order chi connectivity index (χ1) is 17.5. The van der Waals surface area contributed by atoms with Gasteiger partial charge in [-0.25, -0.2) is 0 Å². The molecule has 7 nitrogen and oxygen atoms in total. The first-order valence-corrected chi connectivity index (χ1v) is 13.3. The summed E-state index contributed by atoms with van der Waals surface area (Å²) in [5, 5.41) is 0. The van der Waals surface area contributed by atoms with Crippen LogP contribution < -0.4 is 10.5 Å². The zero-order valence-electron chi connectivity index (χ0n) is 20.8. The molecular weight excluding hydrogens is 454 g/mol. The Morgan fingerprint density at radius 1 is 0.917 bits per heavy atom. The molecule has 1 saturated heterocycles. The Balaban J connectivity index is 1.13. The molecule has 2 N–H and O–H groups in total. The van der Waals surface area contributed by atoms with Crippen LogP contribution in [0.5, 0.6) is 5.75 Å². The van der Waals surface area contributed by atoms with Crippen molar-refractivity contribution in [2.75, 3.05) is 32.8 Å². The van der Waals surface area contributed by atoms with E-state index in [9.17, 15) is 14.4 Å². The molecule has 190 valence electrons. The lowest BCUT2D eigenvalue weighted by molar-refractivity contribution is -0.120. The predicted octanol–water partition coefficient (Wildman–Crippen LogP) is 3.69. The van der Waals surface area contributed by atoms with Crippen molar-refractivity contribution in [1.29, 1.82) is 0 Å². The summed E-state index contributed by atoms with van der Waals surface area (Å²) >= 11 is 0. The Morgan fingerprint density at radius 3 is 2.28 bits per heavy atom. The summed E-state index contributed by atoms with van der Waals surface area (Å²) in [6.07, 6.45) is 8.28. The van der Waals surface area contributed by atoms with Crippen LogP contribution in [0.15, 0.2) is 36.4 Å². The van der Waals surface area contributed by atoms with Gasteiger partial charge in [-0.2, -0.15) is 0 Å². The first kappa shape index (κ1) is 24.5. The van der Waals surface area contributed by atoms with E-state index in [2.05, 4.69) is 17.0 Å². The van der Waals surface area contributed by atoms with Crippen LogP contribution in [0.1, 0.15) is 81.8 Å². The average Bonchev–Trinajstić information content (AvgIpc) is 3.15. The number of rotatable bonds is 9. The second kappa shape index (κ2) is 10.8. The van der Waals surface area contributed by atoms with E-state index in [-0.39, 0.29) is 18.4 Å². The number of piperidine rings is 1. The molecule has 2 heterocycles. The fraction of sp³-hybridized carbons (Fsp3) is 0.483. The summed E-state index contributed by atoms with van der Waals surface area (Å²) < 4.78 is 6.00. The molecule has 5 rings (SSSR count). The van der Waals surface area contributed by atoms with Gasteiger partial charge in [0.25, 0.3) is 17.7 Å². The quantitative estimate of drug-likeness (QED) is 0.428. The van der Waals surface area contributed by atoms with E-state index in [0.29, 0.717) is 23.6 Å². The molecule has 0 bridgehead atoms. The van der Waals surface area contributed by atoms with Crippen LogP contribution in [0, 0.1) is 0 Å². The Hall–Kier alpha value is -3.19. The van der Waals surface area contributed by atoms with Crippen LogP contribution in [0.3, 0.4) is 0 Å². The monoisotopic (exact) mass is 489 g/mol. The lowest BCUT2D eigenvalue weighted by Crippen LogP contribution is -2.35. The van der Waals surface area contributed by atoms with Gasteiger partial charge in [-0.15, -0.1) is 0 Å². The maximum atomic E-state index is 12.5. The number of likely N-dealkylation sites (tertiary alicyclic amines) is 1. The highest BCUT2D eigenvalue weighted by atomic mass is 16.5. The number of carbonyl (C=O) groups is 3. The van der Waals surface area contributed by atoms with Gasteiger partial charge in [-0.05, 0) is 106 Å². The third-order valence-electron chi connectivity index (χ3n) is 7.88. The van der Waals surface area contributed by atoms with Crippen molar-refractivity contribution in [3.8, 4) is 5.75 Å². The van der Waals surface area contributed by atoms with Crippen molar-refractivity contribution >= 4 is 17.7 Å². The minimum Gasteiger partial charge on any atom is -0.483 e. The van der Waals surface area contributed by atoms with E-state index in [1.165, 1.54) is 28.0 Å². The first-order valence-electron chi connectivity index (χ1n) is 13.3. The zero-order chi connectivity index (χ0) is 25.1. The molecule has 0 saturated carbocycles. The summed E-state index contributed by atoms with van der Waals surface area (Å²) in [6.45, 7) is 3.37. The van der Waals surface area contributed by atoms with E-state index in [0.717, 1.165) is 70.3 Å². The molecule has 1 fully saturated rings. The second-order valence-electron chi connectivity index (χ2n) is 10.2. The molecule has 36 heavy (non-hydrogen) atoms. The minimum atomic E-state index is -0.439. The fourth-order valence-corrected chi connectivity index (χ4v) is 5.96. The molecule has 0 aromatic heterocycles. The van der Waals surface area contributed by atoms with Crippen LogP contribution >= 0.6 is 0 Å². The van der Waals surface area contributed by atoms with E-state index in [1.54, 1.807) is 24.3 Å². The fourth-order valence-electron chi connectivity index (χ4n) is 5.96. The molecule has 1 aliphatic carbocycles. The largest absolute Gasteiger partial charge is 0.483 e. The number of imide groups is 1. The van der Waals surface area contributed by atoms with Gasteiger partial charge in [0.05, 0.1) is 11.1 Å². The van der Waals surface area contributed by atoms with Gasteiger partial charge < -0.3 is 15.4 Å². The average molecular weight is 490 g/mol. The zero-order valence-corrected chi connectivity index (χ0v) is 20.8. The Bertz CT molecular complexity index is 1120. The summed E-state index contributed by atoms with van der Waals surface area (Å²) in [6, 6.07) is 11.5. The van der Waals surface area contributed by atoms with Gasteiger partial charge in [-0.1, -0.05) is 24.3 Å². The van der Waals surface area contributed by atoms with Crippen molar-refractivity contribution in [1.82, 2.24) is 9.80 Å². The molecule has 2 aromatic carbocycles. The number of hydrogen-bond acceptors (Lipinski definition) is 5. The number of carbonyl (C=O) groups excluding carboxylic acids is 3. The number of benzene rings is 2. The third kappa shape index (κ3) is 5.03. The van der Waals surface area contributed by atoms with Gasteiger partial charge in [-0.3, -0.25) is 19.3 Å². The van der Waals surface area contributed by atoms with Crippen molar-refractivity contribution < 1.29 is 19.1 Å². The lowest BCUT2D eigenvalue weighted by Gasteiger charge is -2.34. The molecule has 0 spiro atoms. The van der Waals surface area contributed by atoms with Crippen LogP contribution in [-0.2, 0) is 17.6 Å². The van der Waals surface area contributed by atoms with Gasteiger partial charge in [0.1, 0.15) is 5.75 Å². The molecule has 0 radical (unpaired) electrons. The van der Waals surface area contributed by atoms with Gasteiger partial charge in [0.2, 0.25) is 0 Å². The standard InChI is InChI=1S/C29H35N3O4/c30-26(33)19-36-27-22-8-2-1-7-20(22)11-12-23(27)21-13-17-31(18-14-21)15-5-6-16-32-28(34)24-9-3-4-10-25(24)29(32)35/h3-4,9-12,21H,1-2,5-8,13-19H2,(H2,30,33). The molecular formula is C29H35N3O4. The number of nitrogens with zero attached hydrogens (tertiary/aromatic N) is 2. The predicted molar refractivity (Wildman–Crippen MR) is 137 cm³/mol. The molecule has 2 aliphatic heterocycles. The highest BCUT2D eigenvalue weighted by Gasteiger charge is 2.34. The molecule has 2 aromatic rings. The maximum absolute atomic E-state index is 12.5. The van der Waals surface area contributed by atoms with Crippen LogP contribution in [0.25, 0.3) is 0 Å². The summed E-state index contributed by atoms with van der Waals surface area (Å²) in [4.78, 5) is 40.4. The number of fused-ring (bicyclic) bond motifs is 2. The van der Waals surface area contributed by atoms with Crippen molar-refractivity contribution in [3.63, 3.8) is 0 Å². The molecule has 3 aliphatic rings. The lowest BCUT2D eigenvalue weighted by atomic mass is 9.83. The van der Waals surface area contributed by atoms with Crippen LogP contribution in [-0.4, -0.2) is 60.3 Å². The van der Waals surface area contributed by atoms with Crippen LogP contribution in [0.4, 0.5) is 0 Å². The maximum Gasteiger partial charge on any atom is 0.261 e. The SMILES string of the molecule is NC(=O)COc1c(C2CCN(CCCCN3C(=O)c4ccccc4C3=O)CC2)ccc2c1CCCC2. The summed E-state index contributed by atoms with van der Waals surface area (Å²) in [5.74, 6) is 0.539. The van der Waals surface area contributed by atoms with Gasteiger partial charge in [0, 0.05) is 6.54 Å². The topological polar surface area (TPSA) is 92.9 Å². The third-order valence-corrected chi connectivity index (χ3v) is 7.88. The van der Waals surface area contributed by atoms with E-state index in [4.69, 9.17) is 10.5 Å². The van der Waals surface area contributed by atoms with Crippen molar-refractivity contribution in [2.45, 2.75) is 57.3 Å². The van der Waals surface area contributed by atoms with Crippen molar-refractivity contribution in [2.24, 2.45) is 5.73 Å². The number of hydrogen-bond donors (Lipinski definition) is 1. The van der Waals surface area contributed by atoms with E-state index < -0.39 is 5.91 Å². The van der Waals surface area contributed by atoms with Crippen LogP contribution in [0.2, 0.25) is 0 Å². The van der Waals surface area contributed by atoms with Crippen molar-refractivity contribution in [3.05, 3.63) is 64.2 Å². The number of amides is 3. The molecule has 3 amide bonds. The molecule has 0 atom stereocenters. The van der Waals surface area contributed by atoms with E-state index in [1.807, 2.05) is 0 Å². The second-order valence-corrected chi connectivity index (χ2v) is 10.2. The number of unbranched alkanes of at least 4 members (excludes halogenated alkanes) is 1. The highest BCUT2D eigenvalue weighted by Crippen LogP contribution is 2.40. The molecule has 7 heteroatoms. The normalized spacial score (nSPS) is 18.3. The Labute approximate surface area is 212 Å². The molecule has 0 unspecified atom stereocenters. The minimum absolute atomic E-state index is 0.0740. The van der Waals surface area contributed by atoms with E-state index >= 15 is 0 Å². The summed E-state index contributed by atoms with van der Waals surface area (Å²) in [7, 11) is 0. The van der Waals surface area contributed by atoms with Gasteiger partial charge in [0.15, 0.2) is 6.61 Å². The summed E-state index contributed by atoms with van der Waals surface area (Å²) in [5.41, 5.74) is 10.3. The highest BCUT2D eigenvalue weighted by molar-refractivity contribution is 6.21. The number of nitrogens with two attached hydrogens (primary N) is 1. The number of primary amides is 1. The Morgan fingerprint density at radius 2 is 1.58 bits per heavy atom. The smallest absolute Gasteiger partial charge is 0.261 e. The Kier molecular flexibility index (Phi) is 7.37. The number of aryl methyl sites for hydroxylation is 1.